The fraction of sp³-hybridized carbons (Fsp3) is 0.714. The van der Waals surface area contributed by atoms with Crippen molar-refractivity contribution in [1.82, 2.24) is 4.83 Å². The molecule has 1 aromatic rings. The number of aryl methyl sites for hydroxylation is 1. The third-order valence-electron chi connectivity index (χ3n) is 10.3. The predicted molar refractivity (Wildman–Crippen MR) is 136 cm³/mol. The molecule has 0 amide bonds. The minimum atomic E-state index is -3.67. The van der Waals surface area contributed by atoms with E-state index in [2.05, 4.69) is 23.8 Å². The molecule has 4 fully saturated rings. The van der Waals surface area contributed by atoms with E-state index in [0.29, 0.717) is 29.1 Å². The molecule has 4 aliphatic carbocycles. The number of nitrogens with one attached hydrogen (secondary N) is 1. The summed E-state index contributed by atoms with van der Waals surface area (Å²) < 4.78 is 31.3. The van der Waals surface area contributed by atoms with Crippen molar-refractivity contribution in [2.75, 3.05) is 0 Å². The fourth-order valence-corrected chi connectivity index (χ4v) is 9.25. The van der Waals surface area contributed by atoms with E-state index in [0.717, 1.165) is 49.8 Å². The number of hydrogen-bond donors (Lipinski definition) is 1. The van der Waals surface area contributed by atoms with Crippen molar-refractivity contribution in [2.24, 2.45) is 39.6 Å². The Morgan fingerprint density at radius 1 is 1.03 bits per heavy atom. The summed E-state index contributed by atoms with van der Waals surface area (Å²) in [6.07, 6.45) is 9.84. The van der Waals surface area contributed by atoms with Crippen molar-refractivity contribution in [3.8, 4) is 0 Å². The molecule has 0 aliphatic heterocycles. The van der Waals surface area contributed by atoms with Gasteiger partial charge in [0.1, 0.15) is 6.10 Å². The second-order valence-corrected chi connectivity index (χ2v) is 13.8. The number of benzene rings is 1. The van der Waals surface area contributed by atoms with Gasteiger partial charge in [-0.2, -0.15) is 13.5 Å². The topological polar surface area (TPSA) is 84.8 Å². The van der Waals surface area contributed by atoms with Crippen molar-refractivity contribution in [3.63, 3.8) is 0 Å². The molecule has 5 rings (SSSR count). The van der Waals surface area contributed by atoms with Gasteiger partial charge in [-0.15, -0.1) is 0 Å². The third-order valence-corrected chi connectivity index (χ3v) is 11.5. The number of carbonyl (C=O) groups is 1. The van der Waals surface area contributed by atoms with Crippen molar-refractivity contribution < 1.29 is 17.9 Å². The Bertz CT molecular complexity index is 1110. The van der Waals surface area contributed by atoms with Crippen molar-refractivity contribution in [1.29, 1.82) is 0 Å². The second-order valence-electron chi connectivity index (χ2n) is 12.1. The lowest BCUT2D eigenvalue weighted by atomic mass is 9.45. The van der Waals surface area contributed by atoms with Gasteiger partial charge in [0.25, 0.3) is 10.0 Å². The van der Waals surface area contributed by atoms with E-state index in [1.54, 1.807) is 12.1 Å². The maximum Gasteiger partial charge on any atom is 0.302 e. The van der Waals surface area contributed by atoms with Gasteiger partial charge in [0.05, 0.1) is 4.90 Å². The minimum Gasteiger partial charge on any atom is -0.463 e. The minimum absolute atomic E-state index is 0.0326. The summed E-state index contributed by atoms with van der Waals surface area (Å²) in [5.41, 5.74) is 2.34. The van der Waals surface area contributed by atoms with Crippen LogP contribution in [0.3, 0.4) is 0 Å². The Labute approximate surface area is 210 Å². The van der Waals surface area contributed by atoms with Gasteiger partial charge in [0.2, 0.25) is 0 Å². The van der Waals surface area contributed by atoms with Gasteiger partial charge in [0.15, 0.2) is 0 Å². The van der Waals surface area contributed by atoms with Crippen molar-refractivity contribution >= 4 is 21.7 Å². The monoisotopic (exact) mass is 500 g/mol. The standard InChI is InChI=1S/C28H40N2O4S/c1-18-5-8-22(9-6-18)35(32,33)30-29-26-12-11-24-23-10-7-20-17-21(34-19(2)31)13-15-27(20,3)25(23)14-16-28(24,26)4/h5-6,8-9,20-21,23-25,30H,7,10-17H2,1-4H3/b29-26-/t20-,21+,23+,24+,25+,27-,28+/m0/s1. The fourth-order valence-electron chi connectivity index (χ4n) is 8.42. The van der Waals surface area contributed by atoms with Gasteiger partial charge in [0, 0.05) is 18.1 Å². The first kappa shape index (κ1) is 24.8. The highest BCUT2D eigenvalue weighted by atomic mass is 32.2. The van der Waals surface area contributed by atoms with Gasteiger partial charge in [-0.1, -0.05) is 31.5 Å². The quantitative estimate of drug-likeness (QED) is 0.431. The van der Waals surface area contributed by atoms with Gasteiger partial charge in [-0.3, -0.25) is 4.79 Å². The van der Waals surface area contributed by atoms with Gasteiger partial charge in [-0.25, -0.2) is 4.83 Å². The Morgan fingerprint density at radius 3 is 2.49 bits per heavy atom. The zero-order valence-electron chi connectivity index (χ0n) is 21.5. The molecule has 7 heteroatoms. The second kappa shape index (κ2) is 8.89. The lowest BCUT2D eigenvalue weighted by molar-refractivity contribution is -0.158. The van der Waals surface area contributed by atoms with Crippen LogP contribution in [0.1, 0.15) is 84.1 Å². The van der Waals surface area contributed by atoms with Crippen LogP contribution in [0.2, 0.25) is 0 Å². The smallest absolute Gasteiger partial charge is 0.302 e. The van der Waals surface area contributed by atoms with E-state index in [-0.39, 0.29) is 22.4 Å². The number of rotatable bonds is 4. The molecule has 4 aliphatic rings. The average molecular weight is 501 g/mol. The predicted octanol–water partition coefficient (Wildman–Crippen LogP) is 5.60. The molecular formula is C28H40N2O4S. The molecule has 35 heavy (non-hydrogen) atoms. The number of ether oxygens (including phenoxy) is 1. The lowest BCUT2D eigenvalue weighted by Crippen LogP contribution is -2.54. The first-order chi connectivity index (χ1) is 16.5. The number of carbonyl (C=O) groups excluding carboxylic acids is 1. The summed E-state index contributed by atoms with van der Waals surface area (Å²) in [5, 5.41) is 4.55. The molecule has 0 unspecified atom stereocenters. The van der Waals surface area contributed by atoms with E-state index in [9.17, 15) is 13.2 Å². The maximum absolute atomic E-state index is 12.8. The van der Waals surface area contributed by atoms with Gasteiger partial charge in [-0.05, 0) is 106 Å². The third kappa shape index (κ3) is 4.32. The molecule has 1 N–H and O–H groups in total. The first-order valence-corrected chi connectivity index (χ1v) is 14.8. The molecule has 6 nitrogen and oxygen atoms in total. The van der Waals surface area contributed by atoms with Crippen LogP contribution in [0.15, 0.2) is 34.3 Å². The molecular weight excluding hydrogens is 460 g/mol. The van der Waals surface area contributed by atoms with Crippen LogP contribution in [0.4, 0.5) is 0 Å². The number of fused-ring (bicyclic) bond motifs is 5. The molecule has 0 aromatic heterocycles. The largest absolute Gasteiger partial charge is 0.463 e. The summed E-state index contributed by atoms with van der Waals surface area (Å²) in [7, 11) is -3.67. The molecule has 0 heterocycles. The normalized spacial score (nSPS) is 39.9. The molecule has 192 valence electrons. The van der Waals surface area contributed by atoms with Crippen molar-refractivity contribution in [3.05, 3.63) is 29.8 Å². The van der Waals surface area contributed by atoms with E-state index in [1.807, 2.05) is 19.1 Å². The molecule has 0 spiro atoms. The Kier molecular flexibility index (Phi) is 6.30. The van der Waals surface area contributed by atoms with Crippen LogP contribution >= 0.6 is 0 Å². The summed E-state index contributed by atoms with van der Waals surface area (Å²) >= 11 is 0. The molecule has 0 radical (unpaired) electrons. The van der Waals surface area contributed by atoms with E-state index in [4.69, 9.17) is 4.74 Å². The summed E-state index contributed by atoms with van der Waals surface area (Å²) in [5.74, 6) is 2.40. The number of hydrogen-bond acceptors (Lipinski definition) is 5. The molecule has 0 bridgehead atoms. The molecule has 0 saturated heterocycles. The molecule has 7 atom stereocenters. The zero-order chi connectivity index (χ0) is 25.0. The highest BCUT2D eigenvalue weighted by molar-refractivity contribution is 7.89. The SMILES string of the molecule is CC(=O)O[C@@H]1CC[C@@]2(C)[C@@H](CC[C@H]3[C@H]2CC[C@@]2(C)/C(=N\NS(=O)(=O)c4ccc(C)cc4)CC[C@H]32)C1. The van der Waals surface area contributed by atoms with Gasteiger partial charge >= 0.3 is 5.97 Å². The Balaban J connectivity index is 1.31. The number of nitrogens with zero attached hydrogens (tertiary/aromatic N) is 1. The van der Waals surface area contributed by atoms with Crippen LogP contribution < -0.4 is 4.83 Å². The van der Waals surface area contributed by atoms with Crippen LogP contribution in [0, 0.1) is 41.4 Å². The first-order valence-electron chi connectivity index (χ1n) is 13.4. The van der Waals surface area contributed by atoms with E-state index >= 15 is 0 Å². The van der Waals surface area contributed by atoms with Crippen molar-refractivity contribution in [2.45, 2.75) is 96.5 Å². The maximum atomic E-state index is 12.8. The average Bonchev–Trinajstić information content (AvgIpc) is 3.14. The highest BCUT2D eigenvalue weighted by Gasteiger charge is 2.59. The van der Waals surface area contributed by atoms with Crippen LogP contribution in [-0.2, 0) is 19.6 Å². The van der Waals surface area contributed by atoms with Crippen LogP contribution in [0.5, 0.6) is 0 Å². The summed E-state index contributed by atoms with van der Waals surface area (Å²) in [6.45, 7) is 8.29. The van der Waals surface area contributed by atoms with Crippen LogP contribution in [-0.4, -0.2) is 26.2 Å². The highest BCUT2D eigenvalue weighted by Crippen LogP contribution is 2.65. The number of hydrazone groups is 1. The van der Waals surface area contributed by atoms with E-state index < -0.39 is 10.0 Å². The summed E-state index contributed by atoms with van der Waals surface area (Å²) in [4.78, 5) is 14.3. The van der Waals surface area contributed by atoms with Crippen LogP contribution in [0.25, 0.3) is 0 Å². The van der Waals surface area contributed by atoms with E-state index in [1.165, 1.54) is 26.2 Å². The number of esters is 1. The zero-order valence-corrected chi connectivity index (χ0v) is 22.4. The molecule has 4 saturated carbocycles. The van der Waals surface area contributed by atoms with Gasteiger partial charge < -0.3 is 4.74 Å². The number of sulfonamides is 1. The Hall–Kier alpha value is -1.89. The Morgan fingerprint density at radius 2 is 1.77 bits per heavy atom. The summed E-state index contributed by atoms with van der Waals surface area (Å²) in [6, 6.07) is 6.90. The molecule has 1 aromatic carbocycles. The lowest BCUT2D eigenvalue weighted by Gasteiger charge is -2.60.